The van der Waals surface area contributed by atoms with Gasteiger partial charge in [0.15, 0.2) is 0 Å². The molecule has 13 nitrogen and oxygen atoms in total. The van der Waals surface area contributed by atoms with Crippen molar-refractivity contribution in [2.24, 2.45) is 0 Å². The maximum Gasteiger partial charge on any atom is 0.415 e. The van der Waals surface area contributed by atoms with Crippen LogP contribution < -0.4 is 0 Å². The van der Waals surface area contributed by atoms with Gasteiger partial charge in [-0.2, -0.15) is 0 Å². The fourth-order valence-corrected chi connectivity index (χ4v) is 6.20. The summed E-state index contributed by atoms with van der Waals surface area (Å²) in [5.41, 5.74) is -1.45. The lowest BCUT2D eigenvalue weighted by Gasteiger charge is -2.12. The SMILES string of the molecule is O=[N+]([O-])c1cccc(S(=O)(=O)C([N+](=O)[O-])S(=O)(=O)c2cccc([N+](=O)[O-])c2)c1. The van der Waals surface area contributed by atoms with Crippen LogP contribution in [0, 0.1) is 30.3 Å². The summed E-state index contributed by atoms with van der Waals surface area (Å²) in [7, 11) is -10.5. The largest absolute Gasteiger partial charge is 0.415 e. The van der Waals surface area contributed by atoms with Crippen molar-refractivity contribution in [2.75, 3.05) is 0 Å². The molecule has 15 heteroatoms. The Labute approximate surface area is 156 Å². The third kappa shape index (κ3) is 3.79. The minimum Gasteiger partial charge on any atom is -0.262 e. The van der Waals surface area contributed by atoms with Crippen LogP contribution in [-0.2, 0) is 19.7 Å². The molecule has 0 aliphatic carbocycles. The number of hydrogen-bond acceptors (Lipinski definition) is 10. The molecule has 28 heavy (non-hydrogen) atoms. The monoisotopic (exact) mass is 431 g/mol. The highest BCUT2D eigenvalue weighted by Gasteiger charge is 2.50. The fraction of sp³-hybridized carbons (Fsp3) is 0.0769. The van der Waals surface area contributed by atoms with E-state index in [1.165, 1.54) is 0 Å². The lowest BCUT2D eigenvalue weighted by molar-refractivity contribution is -0.474. The summed E-state index contributed by atoms with van der Waals surface area (Å²) in [4.78, 5) is 27.5. The van der Waals surface area contributed by atoms with Crippen molar-refractivity contribution in [1.82, 2.24) is 0 Å². The first-order valence-corrected chi connectivity index (χ1v) is 10.1. The minimum absolute atomic E-state index is 0.481. The van der Waals surface area contributed by atoms with E-state index in [1.54, 1.807) is 0 Å². The van der Waals surface area contributed by atoms with Crippen LogP contribution in [0.3, 0.4) is 0 Å². The van der Waals surface area contributed by atoms with E-state index in [4.69, 9.17) is 0 Å². The zero-order valence-electron chi connectivity index (χ0n) is 13.4. The van der Waals surface area contributed by atoms with Gasteiger partial charge in [-0.15, -0.1) is 0 Å². The second-order valence-corrected chi connectivity index (χ2v) is 9.51. The highest BCUT2D eigenvalue weighted by atomic mass is 32.3. The van der Waals surface area contributed by atoms with Crippen molar-refractivity contribution < 1.29 is 31.6 Å². The van der Waals surface area contributed by atoms with Crippen molar-refractivity contribution in [3.63, 3.8) is 0 Å². The standard InChI is InChI=1S/C13H9N3O10S2/c17-14(18)9-3-1-5-11(7-9)27(23,24)13(16(21)22)28(25,26)12-6-2-4-10(8-12)15(19)20/h1-8,13H. The molecule has 0 atom stereocenters. The first-order chi connectivity index (χ1) is 12.9. The number of nitro groups is 3. The lowest BCUT2D eigenvalue weighted by atomic mass is 10.3. The average Bonchev–Trinajstić information content (AvgIpc) is 2.61. The molecule has 0 heterocycles. The molecular weight excluding hydrogens is 422 g/mol. The molecule has 0 fully saturated rings. The van der Waals surface area contributed by atoms with E-state index < -0.39 is 60.3 Å². The maximum atomic E-state index is 12.6. The molecular formula is C13H9N3O10S2. The van der Waals surface area contributed by atoms with Crippen LogP contribution in [0.5, 0.6) is 0 Å². The fourth-order valence-electron chi connectivity index (χ4n) is 2.17. The predicted octanol–water partition coefficient (Wildman–Crippen LogP) is 1.31. The van der Waals surface area contributed by atoms with Crippen molar-refractivity contribution in [2.45, 2.75) is 14.5 Å². The minimum atomic E-state index is -5.26. The molecule has 0 aromatic heterocycles. The molecule has 2 aromatic carbocycles. The van der Waals surface area contributed by atoms with Gasteiger partial charge in [0, 0.05) is 24.3 Å². The lowest BCUT2D eigenvalue weighted by Crippen LogP contribution is -2.37. The second kappa shape index (κ2) is 7.28. The summed E-state index contributed by atoms with van der Waals surface area (Å²) in [6, 6.07) is 6.15. The number of non-ortho nitro benzene ring substituents is 2. The van der Waals surface area contributed by atoms with E-state index in [9.17, 15) is 47.2 Å². The van der Waals surface area contributed by atoms with Crippen molar-refractivity contribution >= 4 is 31.0 Å². The van der Waals surface area contributed by atoms with E-state index in [0.717, 1.165) is 36.4 Å². The molecule has 0 spiro atoms. The van der Waals surface area contributed by atoms with Crippen LogP contribution in [-0.4, -0.2) is 36.3 Å². The Morgan fingerprint density at radius 2 is 1.04 bits per heavy atom. The van der Waals surface area contributed by atoms with Crippen molar-refractivity contribution in [3.05, 3.63) is 78.9 Å². The highest BCUT2D eigenvalue weighted by molar-refractivity contribution is 8.08. The van der Waals surface area contributed by atoms with E-state index in [2.05, 4.69) is 0 Å². The van der Waals surface area contributed by atoms with Crippen molar-refractivity contribution in [1.29, 1.82) is 0 Å². The normalized spacial score (nSPS) is 11.9. The summed E-state index contributed by atoms with van der Waals surface area (Å²) >= 11 is 0. The van der Waals surface area contributed by atoms with E-state index >= 15 is 0 Å². The summed E-state index contributed by atoms with van der Waals surface area (Å²) in [6.07, 6.45) is 0. The smallest absolute Gasteiger partial charge is 0.262 e. The molecule has 0 aliphatic rings. The second-order valence-electron chi connectivity index (χ2n) is 5.19. The Morgan fingerprint density at radius 3 is 1.32 bits per heavy atom. The Morgan fingerprint density at radius 1 is 0.679 bits per heavy atom. The number of benzene rings is 2. The molecule has 0 N–H and O–H groups in total. The first-order valence-electron chi connectivity index (χ1n) is 6.99. The van der Waals surface area contributed by atoms with E-state index in [0.29, 0.717) is 12.1 Å². The van der Waals surface area contributed by atoms with Gasteiger partial charge < -0.3 is 0 Å². The van der Waals surface area contributed by atoms with Crippen LogP contribution in [0.4, 0.5) is 11.4 Å². The van der Waals surface area contributed by atoms with Gasteiger partial charge in [-0.3, -0.25) is 30.3 Å². The molecule has 0 unspecified atom stereocenters. The number of sulfone groups is 2. The van der Waals surface area contributed by atoms with Crippen LogP contribution >= 0.6 is 0 Å². The Balaban J connectivity index is 2.69. The van der Waals surface area contributed by atoms with Gasteiger partial charge in [-0.25, -0.2) is 16.8 Å². The number of rotatable bonds is 7. The number of nitrogens with zero attached hydrogens (tertiary/aromatic N) is 3. The van der Waals surface area contributed by atoms with E-state index in [1.807, 2.05) is 0 Å². The van der Waals surface area contributed by atoms with Crippen LogP contribution in [0.2, 0.25) is 0 Å². The van der Waals surface area contributed by atoms with Gasteiger partial charge in [0.1, 0.15) is 0 Å². The first kappa shape index (κ1) is 20.8. The summed E-state index contributed by atoms with van der Waals surface area (Å²) in [6.45, 7) is 0. The maximum absolute atomic E-state index is 12.6. The van der Waals surface area contributed by atoms with Gasteiger partial charge in [0.25, 0.3) is 31.0 Å². The zero-order chi connectivity index (χ0) is 21.3. The summed E-state index contributed by atoms with van der Waals surface area (Å²) in [5.74, 6) is 0. The molecule has 0 saturated heterocycles. The number of nitro benzene ring substituents is 2. The van der Waals surface area contributed by atoms with Crippen LogP contribution in [0.1, 0.15) is 0 Å². The predicted molar refractivity (Wildman–Crippen MR) is 91.3 cm³/mol. The van der Waals surface area contributed by atoms with Gasteiger partial charge in [0.05, 0.1) is 24.6 Å². The van der Waals surface area contributed by atoms with Gasteiger partial charge in [0.2, 0.25) is 0 Å². The Hall–Kier alpha value is -3.46. The van der Waals surface area contributed by atoms with Gasteiger partial charge >= 0.3 is 4.71 Å². The molecule has 0 saturated carbocycles. The molecule has 2 rings (SSSR count). The van der Waals surface area contributed by atoms with E-state index in [-0.39, 0.29) is 0 Å². The average molecular weight is 431 g/mol. The molecule has 0 bridgehead atoms. The van der Waals surface area contributed by atoms with Crippen LogP contribution in [0.25, 0.3) is 0 Å². The number of hydrogen-bond donors (Lipinski definition) is 0. The Kier molecular flexibility index (Phi) is 5.42. The summed E-state index contributed by atoms with van der Waals surface area (Å²) in [5, 5.41) is 33.0. The third-order valence-corrected chi connectivity index (χ3v) is 8.17. The molecule has 0 radical (unpaired) electrons. The highest BCUT2D eigenvalue weighted by Crippen LogP contribution is 2.29. The van der Waals surface area contributed by atoms with Crippen molar-refractivity contribution in [3.8, 4) is 0 Å². The molecule has 148 valence electrons. The zero-order valence-corrected chi connectivity index (χ0v) is 15.1. The molecule has 2 aromatic rings. The quantitative estimate of drug-likeness (QED) is 0.455. The third-order valence-electron chi connectivity index (χ3n) is 3.42. The molecule has 0 amide bonds. The van der Waals surface area contributed by atoms with Gasteiger partial charge in [-0.1, -0.05) is 12.1 Å². The Bertz CT molecular complexity index is 1100. The molecule has 0 aliphatic heterocycles. The van der Waals surface area contributed by atoms with Crippen LogP contribution in [0.15, 0.2) is 58.3 Å². The summed E-state index contributed by atoms with van der Waals surface area (Å²) < 4.78 is 47.2. The topological polar surface area (TPSA) is 198 Å². The van der Waals surface area contributed by atoms with Gasteiger partial charge in [-0.05, 0) is 12.1 Å².